The van der Waals surface area contributed by atoms with Gasteiger partial charge in [0, 0.05) is 25.5 Å². The summed E-state index contributed by atoms with van der Waals surface area (Å²) in [5.41, 5.74) is 1.60. The first-order valence-electron chi connectivity index (χ1n) is 12.9. The SMILES string of the molecule is Cc1c(NC(=O)OC(C)(C)C)ccc2nc(N(CCc3ccccc3)C(=O)N(C)Cc3ccccn3)oc(=O)c12. The summed E-state index contributed by atoms with van der Waals surface area (Å²) >= 11 is 0. The second kappa shape index (κ2) is 12.0. The Morgan fingerprint density at radius 3 is 2.42 bits per heavy atom. The van der Waals surface area contributed by atoms with E-state index in [4.69, 9.17) is 9.15 Å². The maximum Gasteiger partial charge on any atom is 0.412 e. The highest BCUT2D eigenvalue weighted by molar-refractivity contribution is 5.94. The molecule has 0 saturated heterocycles. The third-order valence-electron chi connectivity index (χ3n) is 6.06. The number of carbonyl (C=O) groups excluding carboxylic acids is 2. The molecule has 0 aliphatic heterocycles. The van der Waals surface area contributed by atoms with Crippen LogP contribution in [0.2, 0.25) is 0 Å². The predicted octanol–water partition coefficient (Wildman–Crippen LogP) is 5.54. The Morgan fingerprint density at radius 2 is 1.75 bits per heavy atom. The fourth-order valence-electron chi connectivity index (χ4n) is 4.14. The van der Waals surface area contributed by atoms with E-state index in [9.17, 15) is 14.4 Å². The van der Waals surface area contributed by atoms with Crippen molar-refractivity contribution in [3.63, 3.8) is 0 Å². The first-order chi connectivity index (χ1) is 19.0. The van der Waals surface area contributed by atoms with Crippen molar-refractivity contribution in [3.05, 3.63) is 94.1 Å². The maximum absolute atomic E-state index is 13.6. The molecule has 10 heteroatoms. The van der Waals surface area contributed by atoms with Crippen molar-refractivity contribution in [2.24, 2.45) is 0 Å². The lowest BCUT2D eigenvalue weighted by molar-refractivity contribution is 0.0635. The minimum atomic E-state index is -0.677. The van der Waals surface area contributed by atoms with Crippen LogP contribution in [-0.2, 0) is 17.7 Å². The topological polar surface area (TPSA) is 118 Å². The number of anilines is 2. The van der Waals surface area contributed by atoms with Gasteiger partial charge in [0.1, 0.15) is 5.60 Å². The van der Waals surface area contributed by atoms with Crippen molar-refractivity contribution >= 4 is 34.7 Å². The van der Waals surface area contributed by atoms with Gasteiger partial charge in [-0.3, -0.25) is 10.3 Å². The van der Waals surface area contributed by atoms with Gasteiger partial charge in [-0.2, -0.15) is 4.98 Å². The number of hydrogen-bond donors (Lipinski definition) is 1. The number of urea groups is 1. The van der Waals surface area contributed by atoms with Gasteiger partial charge >= 0.3 is 23.8 Å². The maximum atomic E-state index is 13.6. The largest absolute Gasteiger partial charge is 0.444 e. The molecule has 40 heavy (non-hydrogen) atoms. The summed E-state index contributed by atoms with van der Waals surface area (Å²) in [6.07, 6.45) is 1.54. The van der Waals surface area contributed by atoms with Crippen molar-refractivity contribution in [3.8, 4) is 0 Å². The average molecular weight is 544 g/mol. The summed E-state index contributed by atoms with van der Waals surface area (Å²) in [6, 6.07) is 17.9. The summed E-state index contributed by atoms with van der Waals surface area (Å²) in [5.74, 6) is 0. The number of nitrogens with one attached hydrogen (secondary N) is 1. The minimum absolute atomic E-state index is 0.112. The molecule has 1 N–H and O–H groups in total. The molecule has 208 valence electrons. The number of carbonyl (C=O) groups is 2. The van der Waals surface area contributed by atoms with Crippen LogP contribution < -0.4 is 15.8 Å². The second-order valence-electron chi connectivity index (χ2n) is 10.4. The van der Waals surface area contributed by atoms with Crippen molar-refractivity contribution in [2.75, 3.05) is 23.8 Å². The average Bonchev–Trinajstić information content (AvgIpc) is 2.90. The normalized spacial score (nSPS) is 11.2. The smallest absolute Gasteiger partial charge is 0.412 e. The number of rotatable bonds is 7. The van der Waals surface area contributed by atoms with Crippen LogP contribution in [0.15, 0.2) is 76.1 Å². The first kappa shape index (κ1) is 28.3. The Balaban J connectivity index is 1.66. The number of hydrogen-bond acceptors (Lipinski definition) is 7. The molecule has 3 amide bonds. The molecule has 2 aromatic heterocycles. The number of fused-ring (bicyclic) bond motifs is 1. The molecule has 0 spiro atoms. The zero-order chi connectivity index (χ0) is 28.9. The number of benzene rings is 2. The third kappa shape index (κ3) is 7.02. The van der Waals surface area contributed by atoms with Gasteiger partial charge in [-0.15, -0.1) is 0 Å². The van der Waals surface area contributed by atoms with E-state index in [0.717, 1.165) is 11.3 Å². The van der Waals surface area contributed by atoms with Gasteiger partial charge in [0.25, 0.3) is 0 Å². The summed E-state index contributed by atoms with van der Waals surface area (Å²) < 4.78 is 11.0. The lowest BCUT2D eigenvalue weighted by atomic mass is 10.1. The van der Waals surface area contributed by atoms with Crippen LogP contribution in [0.25, 0.3) is 10.9 Å². The van der Waals surface area contributed by atoms with Crippen molar-refractivity contribution < 1.29 is 18.7 Å². The molecule has 0 bridgehead atoms. The van der Waals surface area contributed by atoms with Gasteiger partial charge in [0.05, 0.1) is 23.1 Å². The standard InChI is InChI=1S/C30H33N5O5/c1-20-23(33-28(37)40-30(2,3)4)14-15-24-25(20)26(36)39-27(32-24)35(18-16-21-11-7-6-8-12-21)29(38)34(5)19-22-13-9-10-17-31-22/h6-15,17H,16,18-19H2,1-5H3,(H,33,37). The lowest BCUT2D eigenvalue weighted by Crippen LogP contribution is -2.43. The molecule has 4 rings (SSSR count). The number of amides is 3. The Bertz CT molecular complexity index is 1550. The van der Waals surface area contributed by atoms with E-state index in [1.54, 1.807) is 53.1 Å². The van der Waals surface area contributed by atoms with Crippen LogP contribution in [0.3, 0.4) is 0 Å². The van der Waals surface area contributed by atoms with E-state index in [1.165, 1.54) is 9.80 Å². The minimum Gasteiger partial charge on any atom is -0.444 e. The molecular weight excluding hydrogens is 510 g/mol. The van der Waals surface area contributed by atoms with E-state index in [-0.39, 0.29) is 24.5 Å². The van der Waals surface area contributed by atoms with Gasteiger partial charge in [-0.1, -0.05) is 36.4 Å². The van der Waals surface area contributed by atoms with Gasteiger partial charge in [0.2, 0.25) is 0 Å². The zero-order valence-corrected chi connectivity index (χ0v) is 23.3. The number of nitrogens with zero attached hydrogens (tertiary/aromatic N) is 4. The summed E-state index contributed by atoms with van der Waals surface area (Å²) in [7, 11) is 1.66. The molecular formula is C30H33N5O5. The van der Waals surface area contributed by atoms with Gasteiger partial charge < -0.3 is 14.1 Å². The second-order valence-corrected chi connectivity index (χ2v) is 10.4. The van der Waals surface area contributed by atoms with Crippen LogP contribution in [0, 0.1) is 6.92 Å². The Labute approximate surface area is 232 Å². The van der Waals surface area contributed by atoms with Crippen LogP contribution >= 0.6 is 0 Å². The number of aromatic nitrogens is 2. The summed E-state index contributed by atoms with van der Waals surface area (Å²) in [4.78, 5) is 50.9. The highest BCUT2D eigenvalue weighted by Gasteiger charge is 2.26. The zero-order valence-electron chi connectivity index (χ0n) is 23.3. The van der Waals surface area contributed by atoms with Crippen LogP contribution in [0.5, 0.6) is 0 Å². The fourth-order valence-corrected chi connectivity index (χ4v) is 4.14. The molecule has 0 aliphatic rings. The Kier molecular flexibility index (Phi) is 8.47. The summed E-state index contributed by atoms with van der Waals surface area (Å²) in [6.45, 7) is 7.47. The van der Waals surface area contributed by atoms with Crippen LogP contribution in [-0.4, -0.2) is 46.2 Å². The van der Waals surface area contributed by atoms with Crippen molar-refractivity contribution in [1.29, 1.82) is 0 Å². The van der Waals surface area contributed by atoms with Gasteiger partial charge in [-0.05, 0) is 69.5 Å². The van der Waals surface area contributed by atoms with Gasteiger partial charge in [0.15, 0.2) is 0 Å². The third-order valence-corrected chi connectivity index (χ3v) is 6.06. The van der Waals surface area contributed by atoms with Gasteiger partial charge in [-0.25, -0.2) is 19.3 Å². The predicted molar refractivity (Wildman–Crippen MR) is 153 cm³/mol. The molecule has 4 aromatic rings. The molecule has 2 heterocycles. The lowest BCUT2D eigenvalue weighted by Gasteiger charge is -2.26. The number of pyridine rings is 1. The first-order valence-corrected chi connectivity index (χ1v) is 12.9. The van der Waals surface area contributed by atoms with E-state index < -0.39 is 23.4 Å². The highest BCUT2D eigenvalue weighted by atomic mass is 16.6. The molecule has 0 fully saturated rings. The van der Waals surface area contributed by atoms with E-state index in [2.05, 4.69) is 15.3 Å². The number of aryl methyl sites for hydroxylation is 1. The molecule has 2 aromatic carbocycles. The molecule has 0 saturated carbocycles. The Hall–Kier alpha value is -4.73. The molecule has 0 radical (unpaired) electrons. The van der Waals surface area contributed by atoms with E-state index >= 15 is 0 Å². The molecule has 10 nitrogen and oxygen atoms in total. The van der Waals surface area contributed by atoms with Crippen LogP contribution in [0.1, 0.15) is 37.6 Å². The molecule has 0 atom stereocenters. The van der Waals surface area contributed by atoms with Crippen molar-refractivity contribution in [1.82, 2.24) is 14.9 Å². The van der Waals surface area contributed by atoms with Crippen LogP contribution in [0.4, 0.5) is 21.3 Å². The quantitative estimate of drug-likeness (QED) is 0.325. The van der Waals surface area contributed by atoms with E-state index in [0.29, 0.717) is 23.2 Å². The molecule has 0 unspecified atom stereocenters. The summed E-state index contributed by atoms with van der Waals surface area (Å²) in [5, 5.41) is 2.88. The Morgan fingerprint density at radius 1 is 1.02 bits per heavy atom. The van der Waals surface area contributed by atoms with Crippen molar-refractivity contribution in [2.45, 2.75) is 46.3 Å². The monoisotopic (exact) mass is 543 g/mol. The molecule has 0 aliphatic carbocycles. The van der Waals surface area contributed by atoms with E-state index in [1.807, 2.05) is 48.5 Å². The number of ether oxygens (including phenoxy) is 1. The fraction of sp³-hybridized carbons (Fsp3) is 0.300. The highest BCUT2D eigenvalue weighted by Crippen LogP contribution is 2.25.